The minimum atomic E-state index is -0.403. The van der Waals surface area contributed by atoms with Crippen molar-refractivity contribution in [1.82, 2.24) is 0 Å². The topological polar surface area (TPSA) is 77.0 Å². The molecule has 1 amide bonds. The standard InChI is InChI=1S/C17H15BrN2O4/c1-23-17(22)13-4-2-12(3-5-13)10-19-24-11-16(21)20-15-8-6-14(18)7-9-15/h2-10H,11H2,1H3,(H,20,21)/b19-10+. The molecule has 0 bridgehead atoms. The number of methoxy groups -OCH3 is 1. The number of carbonyl (C=O) groups excluding carboxylic acids is 2. The molecule has 24 heavy (non-hydrogen) atoms. The Balaban J connectivity index is 1.78. The summed E-state index contributed by atoms with van der Waals surface area (Å²) in [5, 5.41) is 6.41. The Kier molecular flexibility index (Phi) is 6.51. The quantitative estimate of drug-likeness (QED) is 0.466. The number of nitrogens with zero attached hydrogens (tertiary/aromatic N) is 1. The molecule has 0 spiro atoms. The first-order valence-electron chi connectivity index (χ1n) is 6.97. The van der Waals surface area contributed by atoms with Crippen LogP contribution in [0, 0.1) is 0 Å². The van der Waals surface area contributed by atoms with E-state index in [4.69, 9.17) is 4.84 Å². The van der Waals surface area contributed by atoms with Crippen molar-refractivity contribution in [2.75, 3.05) is 19.0 Å². The van der Waals surface area contributed by atoms with Gasteiger partial charge in [0.1, 0.15) is 0 Å². The molecular weight excluding hydrogens is 376 g/mol. The van der Waals surface area contributed by atoms with Crippen molar-refractivity contribution >= 4 is 39.7 Å². The van der Waals surface area contributed by atoms with Gasteiger partial charge < -0.3 is 14.9 Å². The maximum Gasteiger partial charge on any atom is 0.337 e. The second kappa shape index (κ2) is 8.83. The van der Waals surface area contributed by atoms with Crippen molar-refractivity contribution < 1.29 is 19.2 Å². The Bertz CT molecular complexity index is 727. The van der Waals surface area contributed by atoms with Gasteiger partial charge in [0.15, 0.2) is 6.61 Å². The first-order valence-corrected chi connectivity index (χ1v) is 7.77. The molecule has 124 valence electrons. The van der Waals surface area contributed by atoms with E-state index in [1.807, 2.05) is 12.1 Å². The average Bonchev–Trinajstić information content (AvgIpc) is 2.60. The third kappa shape index (κ3) is 5.51. The van der Waals surface area contributed by atoms with Crippen molar-refractivity contribution in [3.05, 3.63) is 64.1 Å². The summed E-state index contributed by atoms with van der Waals surface area (Å²) >= 11 is 3.32. The fourth-order valence-electron chi connectivity index (χ4n) is 1.75. The maximum atomic E-state index is 11.7. The molecule has 2 aromatic carbocycles. The summed E-state index contributed by atoms with van der Waals surface area (Å²) in [6.45, 7) is -0.202. The first kappa shape index (κ1) is 17.7. The molecule has 2 aromatic rings. The summed E-state index contributed by atoms with van der Waals surface area (Å²) < 4.78 is 5.54. The minimum Gasteiger partial charge on any atom is -0.465 e. The monoisotopic (exact) mass is 390 g/mol. The molecule has 2 rings (SSSR count). The Morgan fingerprint density at radius 3 is 2.42 bits per heavy atom. The molecule has 6 nitrogen and oxygen atoms in total. The zero-order valence-corrected chi connectivity index (χ0v) is 14.4. The number of halogens is 1. The molecule has 0 heterocycles. The summed E-state index contributed by atoms with van der Waals surface area (Å²) in [7, 11) is 1.32. The Hall–Kier alpha value is -2.67. The van der Waals surface area contributed by atoms with Crippen LogP contribution in [0.15, 0.2) is 58.2 Å². The van der Waals surface area contributed by atoms with Crippen LogP contribution >= 0.6 is 15.9 Å². The minimum absolute atomic E-state index is 0.202. The molecule has 0 aliphatic rings. The molecule has 0 fully saturated rings. The highest BCUT2D eigenvalue weighted by molar-refractivity contribution is 9.10. The van der Waals surface area contributed by atoms with E-state index < -0.39 is 5.97 Å². The molecule has 0 unspecified atom stereocenters. The van der Waals surface area contributed by atoms with Gasteiger partial charge in [-0.25, -0.2) is 4.79 Å². The smallest absolute Gasteiger partial charge is 0.337 e. The zero-order valence-electron chi connectivity index (χ0n) is 12.9. The second-order valence-corrected chi connectivity index (χ2v) is 5.59. The van der Waals surface area contributed by atoms with Crippen LogP contribution < -0.4 is 5.32 Å². The highest BCUT2D eigenvalue weighted by Gasteiger charge is 2.04. The summed E-state index contributed by atoms with van der Waals surface area (Å²) in [4.78, 5) is 27.9. The van der Waals surface area contributed by atoms with Crippen LogP contribution in [0.1, 0.15) is 15.9 Å². The number of ether oxygens (including phenoxy) is 1. The number of rotatable bonds is 6. The molecule has 0 aliphatic heterocycles. The van der Waals surface area contributed by atoms with Crippen LogP contribution in [0.4, 0.5) is 5.69 Å². The molecule has 0 aromatic heterocycles. The van der Waals surface area contributed by atoms with Crippen LogP contribution in [-0.4, -0.2) is 31.8 Å². The Morgan fingerprint density at radius 2 is 1.79 bits per heavy atom. The number of oxime groups is 1. The highest BCUT2D eigenvalue weighted by Crippen LogP contribution is 2.13. The average molecular weight is 391 g/mol. The molecule has 0 atom stereocenters. The van der Waals surface area contributed by atoms with Crippen LogP contribution in [0.25, 0.3) is 0 Å². The largest absolute Gasteiger partial charge is 0.465 e. The van der Waals surface area contributed by atoms with E-state index in [0.717, 1.165) is 10.0 Å². The number of carbonyl (C=O) groups is 2. The van der Waals surface area contributed by atoms with Gasteiger partial charge in [-0.05, 0) is 42.0 Å². The van der Waals surface area contributed by atoms with Gasteiger partial charge in [-0.3, -0.25) is 4.79 Å². The van der Waals surface area contributed by atoms with Gasteiger partial charge in [-0.2, -0.15) is 0 Å². The van der Waals surface area contributed by atoms with E-state index in [9.17, 15) is 9.59 Å². The number of amides is 1. The van der Waals surface area contributed by atoms with Crippen LogP contribution in [-0.2, 0) is 14.4 Å². The summed E-state index contributed by atoms with van der Waals surface area (Å²) in [6.07, 6.45) is 1.45. The third-order valence-corrected chi connectivity index (χ3v) is 3.46. The van der Waals surface area contributed by atoms with Crippen molar-refractivity contribution in [1.29, 1.82) is 0 Å². The lowest BCUT2D eigenvalue weighted by atomic mass is 10.1. The normalized spacial score (nSPS) is 10.4. The molecule has 0 saturated heterocycles. The van der Waals surface area contributed by atoms with Gasteiger partial charge >= 0.3 is 5.97 Å². The number of esters is 1. The van der Waals surface area contributed by atoms with Crippen LogP contribution in [0.2, 0.25) is 0 Å². The van der Waals surface area contributed by atoms with Crippen molar-refractivity contribution in [3.8, 4) is 0 Å². The molecule has 0 saturated carbocycles. The Labute approximate surface area is 147 Å². The molecular formula is C17H15BrN2O4. The summed E-state index contributed by atoms with van der Waals surface area (Å²) in [6, 6.07) is 13.8. The first-order chi connectivity index (χ1) is 11.6. The van der Waals surface area contributed by atoms with Gasteiger partial charge in [0.2, 0.25) is 0 Å². The molecule has 0 radical (unpaired) electrons. The van der Waals surface area contributed by atoms with E-state index in [2.05, 4.69) is 31.1 Å². The number of nitrogens with one attached hydrogen (secondary N) is 1. The lowest BCUT2D eigenvalue weighted by molar-refractivity contribution is -0.120. The molecule has 7 heteroatoms. The van der Waals surface area contributed by atoms with Crippen LogP contribution in [0.3, 0.4) is 0 Å². The van der Waals surface area contributed by atoms with E-state index in [-0.39, 0.29) is 12.5 Å². The summed E-state index contributed by atoms with van der Waals surface area (Å²) in [5.41, 5.74) is 1.86. The second-order valence-electron chi connectivity index (χ2n) is 4.68. The highest BCUT2D eigenvalue weighted by atomic mass is 79.9. The van der Waals surface area contributed by atoms with Gasteiger partial charge in [-0.1, -0.05) is 33.2 Å². The van der Waals surface area contributed by atoms with Gasteiger partial charge in [0.05, 0.1) is 18.9 Å². The fraction of sp³-hybridized carbons (Fsp3) is 0.118. The van der Waals surface area contributed by atoms with Gasteiger partial charge in [0, 0.05) is 10.2 Å². The lowest BCUT2D eigenvalue weighted by Gasteiger charge is -2.04. The van der Waals surface area contributed by atoms with Crippen molar-refractivity contribution in [2.45, 2.75) is 0 Å². The van der Waals surface area contributed by atoms with Gasteiger partial charge in [-0.15, -0.1) is 0 Å². The molecule has 0 aliphatic carbocycles. The van der Waals surface area contributed by atoms with Crippen molar-refractivity contribution in [2.24, 2.45) is 5.16 Å². The predicted molar refractivity (Wildman–Crippen MR) is 94.1 cm³/mol. The number of anilines is 1. The van der Waals surface area contributed by atoms with Gasteiger partial charge in [0.25, 0.3) is 5.91 Å². The maximum absolute atomic E-state index is 11.7. The summed E-state index contributed by atoms with van der Waals surface area (Å²) in [5.74, 6) is -0.713. The zero-order chi connectivity index (χ0) is 17.4. The number of benzene rings is 2. The van der Waals surface area contributed by atoms with Crippen LogP contribution in [0.5, 0.6) is 0 Å². The van der Waals surface area contributed by atoms with E-state index in [1.54, 1.807) is 36.4 Å². The SMILES string of the molecule is COC(=O)c1ccc(/C=N/OCC(=O)Nc2ccc(Br)cc2)cc1. The number of hydrogen-bond acceptors (Lipinski definition) is 5. The Morgan fingerprint density at radius 1 is 1.12 bits per heavy atom. The lowest BCUT2D eigenvalue weighted by Crippen LogP contribution is -2.16. The number of hydrogen-bond donors (Lipinski definition) is 1. The van der Waals surface area contributed by atoms with E-state index in [0.29, 0.717) is 11.3 Å². The molecule has 1 N–H and O–H groups in total. The van der Waals surface area contributed by atoms with Crippen molar-refractivity contribution in [3.63, 3.8) is 0 Å². The third-order valence-electron chi connectivity index (χ3n) is 2.93. The van der Waals surface area contributed by atoms with E-state index in [1.165, 1.54) is 13.3 Å². The van der Waals surface area contributed by atoms with E-state index >= 15 is 0 Å². The predicted octanol–water partition coefficient (Wildman–Crippen LogP) is 3.22. The fourth-order valence-corrected chi connectivity index (χ4v) is 2.01.